The standard InChI is InChI=1S/C8H16N2O4/c1-3-9-7(13)5(11)6(12)8(14)10-4-2/h5-6,11-12H,3-4H2,1-2H3,(H,9,13)(H,10,14). The van der Waals surface area contributed by atoms with Crippen molar-refractivity contribution in [2.45, 2.75) is 26.1 Å². The lowest BCUT2D eigenvalue weighted by Gasteiger charge is -2.15. The van der Waals surface area contributed by atoms with E-state index in [0.29, 0.717) is 13.1 Å². The third-order valence-corrected chi connectivity index (χ3v) is 1.54. The van der Waals surface area contributed by atoms with Crippen molar-refractivity contribution in [3.05, 3.63) is 0 Å². The number of hydrogen-bond donors (Lipinski definition) is 4. The average Bonchev–Trinajstić information content (AvgIpc) is 2.16. The maximum atomic E-state index is 11.0. The SMILES string of the molecule is CCNC(=O)C(O)C(O)C(=O)NCC. The minimum Gasteiger partial charge on any atom is -0.380 e. The zero-order valence-corrected chi connectivity index (χ0v) is 8.28. The van der Waals surface area contributed by atoms with Crippen molar-refractivity contribution >= 4 is 11.8 Å². The summed E-state index contributed by atoms with van der Waals surface area (Å²) < 4.78 is 0. The van der Waals surface area contributed by atoms with Crippen LogP contribution in [0.4, 0.5) is 0 Å². The summed E-state index contributed by atoms with van der Waals surface area (Å²) in [4.78, 5) is 22.0. The summed E-state index contributed by atoms with van der Waals surface area (Å²) in [5.74, 6) is -1.52. The van der Waals surface area contributed by atoms with Crippen molar-refractivity contribution in [2.75, 3.05) is 13.1 Å². The van der Waals surface area contributed by atoms with Crippen molar-refractivity contribution in [2.24, 2.45) is 0 Å². The van der Waals surface area contributed by atoms with Gasteiger partial charge in [0.25, 0.3) is 11.8 Å². The third-order valence-electron chi connectivity index (χ3n) is 1.54. The Hall–Kier alpha value is -1.14. The van der Waals surface area contributed by atoms with Gasteiger partial charge in [-0.15, -0.1) is 0 Å². The highest BCUT2D eigenvalue weighted by Gasteiger charge is 2.29. The minimum absolute atomic E-state index is 0.331. The van der Waals surface area contributed by atoms with Crippen LogP contribution in [-0.4, -0.2) is 47.3 Å². The molecule has 6 nitrogen and oxygen atoms in total. The molecule has 0 aliphatic rings. The molecule has 0 aliphatic heterocycles. The number of carbonyl (C=O) groups is 2. The van der Waals surface area contributed by atoms with Crippen molar-refractivity contribution in [1.82, 2.24) is 10.6 Å². The Labute approximate surface area is 82.3 Å². The molecule has 0 fully saturated rings. The molecular weight excluding hydrogens is 188 g/mol. The van der Waals surface area contributed by atoms with Crippen LogP contribution in [-0.2, 0) is 9.59 Å². The summed E-state index contributed by atoms with van der Waals surface area (Å²) in [7, 11) is 0. The van der Waals surface area contributed by atoms with Crippen molar-refractivity contribution in [1.29, 1.82) is 0 Å². The van der Waals surface area contributed by atoms with Gasteiger partial charge in [0.1, 0.15) is 0 Å². The Balaban J connectivity index is 4.16. The van der Waals surface area contributed by atoms with Gasteiger partial charge in [-0.05, 0) is 13.8 Å². The van der Waals surface area contributed by atoms with Gasteiger partial charge in [-0.25, -0.2) is 0 Å². The van der Waals surface area contributed by atoms with Gasteiger partial charge in [-0.3, -0.25) is 9.59 Å². The van der Waals surface area contributed by atoms with E-state index in [1.54, 1.807) is 13.8 Å². The highest BCUT2D eigenvalue weighted by atomic mass is 16.3. The van der Waals surface area contributed by atoms with Gasteiger partial charge >= 0.3 is 0 Å². The monoisotopic (exact) mass is 204 g/mol. The van der Waals surface area contributed by atoms with E-state index < -0.39 is 24.0 Å². The molecule has 0 saturated carbocycles. The molecule has 2 unspecified atom stereocenters. The highest BCUT2D eigenvalue weighted by Crippen LogP contribution is 1.93. The Morgan fingerprint density at radius 2 is 1.29 bits per heavy atom. The number of aliphatic hydroxyl groups excluding tert-OH is 2. The first-order valence-electron chi connectivity index (χ1n) is 4.46. The highest BCUT2D eigenvalue weighted by molar-refractivity contribution is 5.90. The van der Waals surface area contributed by atoms with E-state index >= 15 is 0 Å². The maximum absolute atomic E-state index is 11.0. The lowest BCUT2D eigenvalue weighted by atomic mass is 10.2. The molecular formula is C8H16N2O4. The van der Waals surface area contributed by atoms with Crippen LogP contribution in [0.1, 0.15) is 13.8 Å². The zero-order chi connectivity index (χ0) is 11.1. The van der Waals surface area contributed by atoms with Gasteiger partial charge in [0, 0.05) is 13.1 Å². The van der Waals surface area contributed by atoms with Crippen LogP contribution in [0, 0.1) is 0 Å². The third kappa shape index (κ3) is 3.71. The van der Waals surface area contributed by atoms with Gasteiger partial charge in [0.15, 0.2) is 12.2 Å². The molecule has 14 heavy (non-hydrogen) atoms. The number of carbonyl (C=O) groups excluding carboxylic acids is 2. The van der Waals surface area contributed by atoms with E-state index in [4.69, 9.17) is 0 Å². The second kappa shape index (κ2) is 6.33. The molecule has 82 valence electrons. The first kappa shape index (κ1) is 12.9. The van der Waals surface area contributed by atoms with E-state index in [2.05, 4.69) is 10.6 Å². The molecule has 6 heteroatoms. The first-order valence-corrected chi connectivity index (χ1v) is 4.46. The number of rotatable bonds is 5. The van der Waals surface area contributed by atoms with Crippen molar-refractivity contribution < 1.29 is 19.8 Å². The predicted molar refractivity (Wildman–Crippen MR) is 49.4 cm³/mol. The van der Waals surface area contributed by atoms with E-state index in [0.717, 1.165) is 0 Å². The van der Waals surface area contributed by atoms with E-state index in [1.165, 1.54) is 0 Å². The number of hydrogen-bond acceptors (Lipinski definition) is 4. The lowest BCUT2D eigenvalue weighted by Crippen LogP contribution is -2.49. The molecule has 4 N–H and O–H groups in total. The topological polar surface area (TPSA) is 98.7 Å². The Morgan fingerprint density at radius 3 is 1.50 bits per heavy atom. The summed E-state index contributed by atoms with van der Waals surface area (Å²) in [6, 6.07) is 0. The lowest BCUT2D eigenvalue weighted by molar-refractivity contribution is -0.145. The molecule has 0 radical (unpaired) electrons. The van der Waals surface area contributed by atoms with E-state index in [9.17, 15) is 19.8 Å². The molecule has 0 rings (SSSR count). The quantitative estimate of drug-likeness (QED) is 0.415. The molecule has 0 aromatic rings. The van der Waals surface area contributed by atoms with Gasteiger partial charge in [0.2, 0.25) is 0 Å². The smallest absolute Gasteiger partial charge is 0.252 e. The molecule has 2 amide bonds. The number of nitrogens with one attached hydrogen (secondary N) is 2. The van der Waals surface area contributed by atoms with E-state index in [-0.39, 0.29) is 0 Å². The summed E-state index contributed by atoms with van der Waals surface area (Å²) in [5.41, 5.74) is 0. The molecule has 2 atom stereocenters. The first-order chi connectivity index (χ1) is 6.54. The largest absolute Gasteiger partial charge is 0.380 e. The van der Waals surface area contributed by atoms with Crippen molar-refractivity contribution in [3.63, 3.8) is 0 Å². The average molecular weight is 204 g/mol. The summed E-state index contributed by atoms with van der Waals surface area (Å²) in [6.07, 6.45) is -3.44. The summed E-state index contributed by atoms with van der Waals surface area (Å²) in [6.45, 7) is 4.00. The fraction of sp³-hybridized carbons (Fsp3) is 0.750. The molecule has 0 aliphatic carbocycles. The van der Waals surface area contributed by atoms with Crippen LogP contribution in [0.3, 0.4) is 0 Å². The molecule has 0 aromatic heterocycles. The van der Waals surface area contributed by atoms with Gasteiger partial charge in [-0.2, -0.15) is 0 Å². The second-order valence-electron chi connectivity index (χ2n) is 2.68. The maximum Gasteiger partial charge on any atom is 0.252 e. The summed E-state index contributed by atoms with van der Waals surface area (Å²) in [5, 5.41) is 23.0. The fourth-order valence-corrected chi connectivity index (χ4v) is 0.844. The van der Waals surface area contributed by atoms with Crippen LogP contribution in [0.2, 0.25) is 0 Å². The number of amides is 2. The molecule has 0 saturated heterocycles. The predicted octanol–water partition coefficient (Wildman–Crippen LogP) is -2.02. The van der Waals surface area contributed by atoms with Crippen LogP contribution in [0.25, 0.3) is 0 Å². The van der Waals surface area contributed by atoms with Gasteiger partial charge in [0.05, 0.1) is 0 Å². The van der Waals surface area contributed by atoms with Crippen LogP contribution in [0.15, 0.2) is 0 Å². The van der Waals surface area contributed by atoms with Crippen LogP contribution in [0.5, 0.6) is 0 Å². The van der Waals surface area contributed by atoms with Crippen molar-refractivity contribution in [3.8, 4) is 0 Å². The molecule has 0 spiro atoms. The van der Waals surface area contributed by atoms with Crippen LogP contribution >= 0.6 is 0 Å². The zero-order valence-electron chi connectivity index (χ0n) is 8.28. The molecule has 0 aromatic carbocycles. The van der Waals surface area contributed by atoms with Gasteiger partial charge in [-0.1, -0.05) is 0 Å². The second-order valence-corrected chi connectivity index (χ2v) is 2.68. The summed E-state index contributed by atoms with van der Waals surface area (Å²) >= 11 is 0. The number of likely N-dealkylation sites (N-methyl/N-ethyl adjacent to an activating group) is 2. The normalized spacial score (nSPS) is 14.3. The molecule has 0 bridgehead atoms. The van der Waals surface area contributed by atoms with Gasteiger partial charge < -0.3 is 20.8 Å². The van der Waals surface area contributed by atoms with E-state index in [1.807, 2.05) is 0 Å². The fourth-order valence-electron chi connectivity index (χ4n) is 0.844. The Morgan fingerprint density at radius 1 is 1.00 bits per heavy atom. The van der Waals surface area contributed by atoms with Crippen LogP contribution < -0.4 is 10.6 Å². The Kier molecular flexibility index (Phi) is 5.82. The number of aliphatic hydroxyl groups is 2. The Bertz CT molecular complexity index is 186. The molecule has 0 heterocycles. The minimum atomic E-state index is -1.72.